The quantitative estimate of drug-likeness (QED) is 0.319. The van der Waals surface area contributed by atoms with Gasteiger partial charge in [0.05, 0.1) is 11.6 Å². The fourth-order valence-corrected chi connectivity index (χ4v) is 3.76. The Labute approximate surface area is 193 Å². The molecule has 7 heteroatoms. The third kappa shape index (κ3) is 4.90. The standard InChI is InChI=1S/C25H20BrN3O3/c1-32-23-10-7-16(13-20(23)26)14-22(29-24(30)18-5-3-2-4-6-18)25(31)28-19-9-8-17-11-12-27-21(17)15-19/h2-15,27H,1H3,(H,28,31)(H,29,30)/b22-14+. The number of H-pyrrole nitrogens is 1. The van der Waals surface area contributed by atoms with Crippen molar-refractivity contribution >= 4 is 50.4 Å². The van der Waals surface area contributed by atoms with Crippen LogP contribution in [0.15, 0.2) is 89.2 Å². The minimum atomic E-state index is -0.438. The Hall–Kier alpha value is -3.84. The van der Waals surface area contributed by atoms with Crippen LogP contribution in [0.5, 0.6) is 5.75 Å². The Morgan fingerprint density at radius 3 is 2.56 bits per heavy atom. The van der Waals surface area contributed by atoms with E-state index in [9.17, 15) is 9.59 Å². The number of amides is 2. The molecule has 4 aromatic rings. The Morgan fingerprint density at radius 2 is 1.81 bits per heavy atom. The number of rotatable bonds is 6. The minimum Gasteiger partial charge on any atom is -0.496 e. The molecule has 0 aliphatic rings. The third-order valence-electron chi connectivity index (χ3n) is 4.83. The molecule has 0 unspecified atom stereocenters. The van der Waals surface area contributed by atoms with Gasteiger partial charge in [0, 0.05) is 23.0 Å². The van der Waals surface area contributed by atoms with Crippen molar-refractivity contribution in [3.8, 4) is 5.75 Å². The van der Waals surface area contributed by atoms with E-state index in [1.807, 2.05) is 42.6 Å². The number of hydrogen-bond acceptors (Lipinski definition) is 3. The minimum absolute atomic E-state index is 0.113. The monoisotopic (exact) mass is 489 g/mol. The molecule has 4 rings (SSSR count). The van der Waals surface area contributed by atoms with Crippen LogP contribution in [0, 0.1) is 0 Å². The summed E-state index contributed by atoms with van der Waals surface area (Å²) in [6.45, 7) is 0. The van der Waals surface area contributed by atoms with Crippen LogP contribution in [0.25, 0.3) is 17.0 Å². The maximum absolute atomic E-state index is 13.1. The maximum Gasteiger partial charge on any atom is 0.272 e. The number of carbonyl (C=O) groups excluding carboxylic acids is 2. The zero-order valence-electron chi connectivity index (χ0n) is 17.2. The highest BCUT2D eigenvalue weighted by Gasteiger charge is 2.16. The number of hydrogen-bond donors (Lipinski definition) is 3. The van der Waals surface area contributed by atoms with Gasteiger partial charge in [0.1, 0.15) is 11.4 Å². The summed E-state index contributed by atoms with van der Waals surface area (Å²) in [5.41, 5.74) is 2.80. The molecule has 2 amide bonds. The number of anilines is 1. The summed E-state index contributed by atoms with van der Waals surface area (Å²) in [6.07, 6.45) is 3.46. The van der Waals surface area contributed by atoms with Gasteiger partial charge in [0.25, 0.3) is 11.8 Å². The van der Waals surface area contributed by atoms with Crippen LogP contribution in [0.1, 0.15) is 15.9 Å². The topological polar surface area (TPSA) is 83.2 Å². The molecule has 1 aromatic heterocycles. The van der Waals surface area contributed by atoms with E-state index < -0.39 is 5.91 Å². The zero-order valence-corrected chi connectivity index (χ0v) is 18.8. The largest absolute Gasteiger partial charge is 0.496 e. The number of benzene rings is 3. The summed E-state index contributed by atoms with van der Waals surface area (Å²) >= 11 is 3.45. The Kier molecular flexibility index (Phi) is 6.37. The van der Waals surface area contributed by atoms with Gasteiger partial charge in [-0.3, -0.25) is 9.59 Å². The van der Waals surface area contributed by atoms with Gasteiger partial charge >= 0.3 is 0 Å². The van der Waals surface area contributed by atoms with E-state index >= 15 is 0 Å². The van der Waals surface area contributed by atoms with Crippen LogP contribution in [-0.2, 0) is 4.79 Å². The second-order valence-electron chi connectivity index (χ2n) is 7.01. The predicted octanol–water partition coefficient (Wildman–Crippen LogP) is 5.35. The van der Waals surface area contributed by atoms with Crippen molar-refractivity contribution in [1.29, 1.82) is 0 Å². The van der Waals surface area contributed by atoms with Crippen molar-refractivity contribution in [1.82, 2.24) is 10.3 Å². The fraction of sp³-hybridized carbons (Fsp3) is 0.0400. The first kappa shape index (κ1) is 21.4. The second-order valence-corrected chi connectivity index (χ2v) is 7.86. The zero-order chi connectivity index (χ0) is 22.5. The number of nitrogens with one attached hydrogen (secondary N) is 3. The first-order valence-electron chi connectivity index (χ1n) is 9.83. The smallest absolute Gasteiger partial charge is 0.272 e. The van der Waals surface area contributed by atoms with Crippen molar-refractivity contribution in [3.05, 3.63) is 100 Å². The normalized spacial score (nSPS) is 11.2. The Morgan fingerprint density at radius 1 is 1.00 bits per heavy atom. The van der Waals surface area contributed by atoms with Gasteiger partial charge in [-0.25, -0.2) is 0 Å². The molecular formula is C25H20BrN3O3. The molecule has 160 valence electrons. The molecule has 0 saturated carbocycles. The molecule has 0 bridgehead atoms. The van der Waals surface area contributed by atoms with Crippen molar-refractivity contribution in [3.63, 3.8) is 0 Å². The van der Waals surface area contributed by atoms with Gasteiger partial charge in [0.15, 0.2) is 0 Å². The lowest BCUT2D eigenvalue weighted by Gasteiger charge is -2.12. The third-order valence-corrected chi connectivity index (χ3v) is 5.45. The van der Waals surface area contributed by atoms with E-state index in [4.69, 9.17) is 4.74 Å². The van der Waals surface area contributed by atoms with Crippen LogP contribution < -0.4 is 15.4 Å². The molecule has 0 radical (unpaired) electrons. The Bertz CT molecular complexity index is 1310. The molecule has 0 spiro atoms. The lowest BCUT2D eigenvalue weighted by atomic mass is 10.1. The lowest BCUT2D eigenvalue weighted by Crippen LogP contribution is -2.30. The highest BCUT2D eigenvalue weighted by molar-refractivity contribution is 9.10. The molecule has 6 nitrogen and oxygen atoms in total. The van der Waals surface area contributed by atoms with Crippen LogP contribution in [0.2, 0.25) is 0 Å². The number of halogens is 1. The molecule has 0 saturated heterocycles. The second kappa shape index (κ2) is 9.53. The molecule has 3 aromatic carbocycles. The van der Waals surface area contributed by atoms with Crippen molar-refractivity contribution in [2.24, 2.45) is 0 Å². The van der Waals surface area contributed by atoms with E-state index in [-0.39, 0.29) is 11.6 Å². The SMILES string of the molecule is COc1ccc(/C=C(/NC(=O)c2ccccc2)C(=O)Nc2ccc3cc[nH]c3c2)cc1Br. The summed E-state index contributed by atoms with van der Waals surface area (Å²) in [5, 5.41) is 6.64. The molecular weight excluding hydrogens is 470 g/mol. The first-order valence-corrected chi connectivity index (χ1v) is 10.6. The van der Waals surface area contributed by atoms with Crippen molar-refractivity contribution in [2.75, 3.05) is 12.4 Å². The molecule has 0 atom stereocenters. The fourth-order valence-electron chi connectivity index (χ4n) is 3.21. The van der Waals surface area contributed by atoms with Gasteiger partial charge in [-0.05, 0) is 75.4 Å². The molecule has 32 heavy (non-hydrogen) atoms. The maximum atomic E-state index is 13.1. The van der Waals surface area contributed by atoms with Crippen molar-refractivity contribution in [2.45, 2.75) is 0 Å². The first-order chi connectivity index (χ1) is 15.5. The molecule has 3 N–H and O–H groups in total. The molecule has 0 aliphatic carbocycles. The molecule has 0 aliphatic heterocycles. The summed E-state index contributed by atoms with van der Waals surface area (Å²) in [6, 6.07) is 21.7. The van der Waals surface area contributed by atoms with E-state index in [0.29, 0.717) is 17.0 Å². The summed E-state index contributed by atoms with van der Waals surface area (Å²) < 4.78 is 6.00. The molecule has 0 fully saturated rings. The number of aromatic amines is 1. The Balaban J connectivity index is 1.64. The highest BCUT2D eigenvalue weighted by atomic mass is 79.9. The summed E-state index contributed by atoms with van der Waals surface area (Å²) in [5.74, 6) is -0.146. The van der Waals surface area contributed by atoms with E-state index in [2.05, 4.69) is 31.5 Å². The van der Waals surface area contributed by atoms with E-state index in [0.717, 1.165) is 20.9 Å². The predicted molar refractivity (Wildman–Crippen MR) is 130 cm³/mol. The number of methoxy groups -OCH3 is 1. The van der Waals surface area contributed by atoms with Gasteiger partial charge in [0.2, 0.25) is 0 Å². The van der Waals surface area contributed by atoms with Gasteiger partial charge in [-0.1, -0.05) is 30.3 Å². The average Bonchev–Trinajstić information content (AvgIpc) is 3.27. The van der Waals surface area contributed by atoms with Crippen molar-refractivity contribution < 1.29 is 14.3 Å². The van der Waals surface area contributed by atoms with Gasteiger partial charge < -0.3 is 20.4 Å². The number of ether oxygens (including phenoxy) is 1. The number of carbonyl (C=O) groups is 2. The van der Waals surface area contributed by atoms with Crippen LogP contribution in [0.3, 0.4) is 0 Å². The van der Waals surface area contributed by atoms with Crippen LogP contribution in [0.4, 0.5) is 5.69 Å². The number of fused-ring (bicyclic) bond motifs is 1. The summed E-state index contributed by atoms with van der Waals surface area (Å²) in [7, 11) is 1.58. The van der Waals surface area contributed by atoms with Gasteiger partial charge in [-0.2, -0.15) is 0 Å². The molecule has 1 heterocycles. The summed E-state index contributed by atoms with van der Waals surface area (Å²) in [4.78, 5) is 29.0. The van der Waals surface area contributed by atoms with Crippen LogP contribution in [-0.4, -0.2) is 23.9 Å². The van der Waals surface area contributed by atoms with Crippen LogP contribution >= 0.6 is 15.9 Å². The lowest BCUT2D eigenvalue weighted by molar-refractivity contribution is -0.113. The highest BCUT2D eigenvalue weighted by Crippen LogP contribution is 2.26. The van der Waals surface area contributed by atoms with Gasteiger partial charge in [-0.15, -0.1) is 0 Å². The average molecular weight is 490 g/mol. The van der Waals surface area contributed by atoms with E-state index in [1.54, 1.807) is 49.6 Å². The number of aromatic nitrogens is 1. The van der Waals surface area contributed by atoms with E-state index in [1.165, 1.54) is 0 Å².